The Morgan fingerprint density at radius 3 is 3.00 bits per heavy atom. The fourth-order valence-electron chi connectivity index (χ4n) is 2.05. The molecule has 1 fully saturated rings. The molecular weight excluding hydrogens is 306 g/mol. The predicted molar refractivity (Wildman–Crippen MR) is 85.0 cm³/mol. The SMILES string of the molecule is Cc1cc(=O)[nH]c(Sc2c(Cl)cccc2CNC2CC2)n1. The van der Waals surface area contributed by atoms with Crippen LogP contribution in [-0.2, 0) is 6.54 Å². The lowest BCUT2D eigenvalue weighted by molar-refractivity contribution is 0.680. The van der Waals surface area contributed by atoms with Gasteiger partial charge in [0.2, 0.25) is 0 Å². The molecule has 0 bridgehead atoms. The van der Waals surface area contributed by atoms with Crippen LogP contribution < -0.4 is 10.9 Å². The van der Waals surface area contributed by atoms with E-state index in [0.717, 1.165) is 17.0 Å². The molecule has 21 heavy (non-hydrogen) atoms. The summed E-state index contributed by atoms with van der Waals surface area (Å²) in [6.07, 6.45) is 2.49. The number of aromatic amines is 1. The topological polar surface area (TPSA) is 57.8 Å². The summed E-state index contributed by atoms with van der Waals surface area (Å²) in [5, 5.41) is 4.73. The zero-order chi connectivity index (χ0) is 14.8. The average Bonchev–Trinajstić information content (AvgIpc) is 3.22. The Kier molecular flexibility index (Phi) is 4.33. The maximum absolute atomic E-state index is 11.5. The van der Waals surface area contributed by atoms with Crippen molar-refractivity contribution in [3.8, 4) is 0 Å². The van der Waals surface area contributed by atoms with Gasteiger partial charge in [-0.1, -0.05) is 23.7 Å². The summed E-state index contributed by atoms with van der Waals surface area (Å²) >= 11 is 7.72. The molecule has 1 saturated carbocycles. The highest BCUT2D eigenvalue weighted by Gasteiger charge is 2.21. The van der Waals surface area contributed by atoms with E-state index in [4.69, 9.17) is 11.6 Å². The van der Waals surface area contributed by atoms with Crippen molar-refractivity contribution in [2.24, 2.45) is 0 Å². The largest absolute Gasteiger partial charge is 0.310 e. The lowest BCUT2D eigenvalue weighted by Gasteiger charge is -2.11. The van der Waals surface area contributed by atoms with Crippen LogP contribution in [0.3, 0.4) is 0 Å². The molecule has 110 valence electrons. The second-order valence-corrected chi connectivity index (χ2v) is 6.58. The van der Waals surface area contributed by atoms with Crippen molar-refractivity contribution in [2.75, 3.05) is 0 Å². The lowest BCUT2D eigenvalue weighted by atomic mass is 10.2. The van der Waals surface area contributed by atoms with Crippen molar-refractivity contribution in [3.05, 3.63) is 50.9 Å². The van der Waals surface area contributed by atoms with E-state index in [1.807, 2.05) is 19.1 Å². The van der Waals surface area contributed by atoms with Crippen LogP contribution in [0.25, 0.3) is 0 Å². The first-order valence-electron chi connectivity index (χ1n) is 6.88. The number of nitrogens with zero attached hydrogens (tertiary/aromatic N) is 1. The second-order valence-electron chi connectivity index (χ2n) is 5.18. The van der Waals surface area contributed by atoms with Crippen molar-refractivity contribution in [1.82, 2.24) is 15.3 Å². The van der Waals surface area contributed by atoms with Gasteiger partial charge in [-0.15, -0.1) is 0 Å². The minimum absolute atomic E-state index is 0.144. The highest BCUT2D eigenvalue weighted by Crippen LogP contribution is 2.34. The third-order valence-corrected chi connectivity index (χ3v) is 4.75. The van der Waals surface area contributed by atoms with Gasteiger partial charge in [0, 0.05) is 29.2 Å². The quantitative estimate of drug-likeness (QED) is 0.831. The molecule has 0 radical (unpaired) electrons. The fraction of sp³-hybridized carbons (Fsp3) is 0.333. The molecule has 2 N–H and O–H groups in total. The number of halogens is 1. The Morgan fingerprint density at radius 2 is 2.29 bits per heavy atom. The van der Waals surface area contributed by atoms with Crippen LogP contribution in [0, 0.1) is 6.92 Å². The van der Waals surface area contributed by atoms with Gasteiger partial charge < -0.3 is 10.3 Å². The molecular formula is C15H16ClN3OS. The van der Waals surface area contributed by atoms with E-state index < -0.39 is 0 Å². The minimum atomic E-state index is -0.144. The number of hydrogen-bond acceptors (Lipinski definition) is 4. The zero-order valence-corrected chi connectivity index (χ0v) is 13.2. The Bertz CT molecular complexity index is 712. The van der Waals surface area contributed by atoms with Gasteiger partial charge in [-0.05, 0) is 43.2 Å². The van der Waals surface area contributed by atoms with Crippen LogP contribution in [0.1, 0.15) is 24.1 Å². The van der Waals surface area contributed by atoms with E-state index in [2.05, 4.69) is 21.4 Å². The highest BCUT2D eigenvalue weighted by molar-refractivity contribution is 7.99. The molecule has 0 amide bonds. The number of nitrogens with one attached hydrogen (secondary N) is 2. The van der Waals surface area contributed by atoms with Gasteiger partial charge in [0.1, 0.15) is 0 Å². The van der Waals surface area contributed by atoms with Gasteiger partial charge in [-0.3, -0.25) is 4.79 Å². The number of hydrogen-bond donors (Lipinski definition) is 2. The Labute approximate surface area is 132 Å². The van der Waals surface area contributed by atoms with Crippen LogP contribution >= 0.6 is 23.4 Å². The van der Waals surface area contributed by atoms with E-state index in [1.165, 1.54) is 30.7 Å². The van der Waals surface area contributed by atoms with E-state index in [-0.39, 0.29) is 5.56 Å². The molecule has 1 aromatic heterocycles. The van der Waals surface area contributed by atoms with Crippen LogP contribution in [0.5, 0.6) is 0 Å². The molecule has 6 heteroatoms. The van der Waals surface area contributed by atoms with Crippen molar-refractivity contribution >= 4 is 23.4 Å². The summed E-state index contributed by atoms with van der Waals surface area (Å²) in [6.45, 7) is 2.59. The van der Waals surface area contributed by atoms with E-state index >= 15 is 0 Å². The first kappa shape index (κ1) is 14.6. The number of H-pyrrole nitrogens is 1. The van der Waals surface area contributed by atoms with Crippen LogP contribution in [0.2, 0.25) is 5.02 Å². The summed E-state index contributed by atoms with van der Waals surface area (Å²) in [6, 6.07) is 7.98. The molecule has 0 aliphatic heterocycles. The predicted octanol–water partition coefficient (Wildman–Crippen LogP) is 3.13. The second kappa shape index (κ2) is 6.22. The molecule has 4 nitrogen and oxygen atoms in total. The van der Waals surface area contributed by atoms with E-state index in [1.54, 1.807) is 0 Å². The molecule has 0 spiro atoms. The highest BCUT2D eigenvalue weighted by atomic mass is 35.5. The van der Waals surface area contributed by atoms with Crippen molar-refractivity contribution in [3.63, 3.8) is 0 Å². The maximum Gasteiger partial charge on any atom is 0.251 e. The number of aryl methyl sites for hydroxylation is 1. The van der Waals surface area contributed by atoms with Crippen LogP contribution in [0.4, 0.5) is 0 Å². The molecule has 2 aromatic rings. The van der Waals surface area contributed by atoms with Crippen molar-refractivity contribution in [2.45, 2.75) is 42.4 Å². The van der Waals surface area contributed by atoms with Crippen molar-refractivity contribution < 1.29 is 0 Å². The summed E-state index contributed by atoms with van der Waals surface area (Å²) in [7, 11) is 0. The number of rotatable bonds is 5. The van der Waals surface area contributed by atoms with Gasteiger partial charge in [-0.25, -0.2) is 4.98 Å². The van der Waals surface area contributed by atoms with Crippen LogP contribution in [-0.4, -0.2) is 16.0 Å². The summed E-state index contributed by atoms with van der Waals surface area (Å²) in [5.74, 6) is 0. The summed E-state index contributed by atoms with van der Waals surface area (Å²) < 4.78 is 0. The first-order chi connectivity index (χ1) is 10.1. The third-order valence-electron chi connectivity index (χ3n) is 3.25. The zero-order valence-electron chi connectivity index (χ0n) is 11.6. The van der Waals surface area contributed by atoms with Crippen LogP contribution in [0.15, 0.2) is 39.1 Å². The molecule has 1 aromatic carbocycles. The smallest absolute Gasteiger partial charge is 0.251 e. The van der Waals surface area contributed by atoms with Gasteiger partial charge in [0.05, 0.1) is 5.02 Å². The standard InChI is InChI=1S/C15H16ClN3OS/c1-9-7-13(20)19-15(18-9)21-14-10(3-2-4-12(14)16)8-17-11-5-6-11/h2-4,7,11,17H,5-6,8H2,1H3,(H,18,19,20). The Balaban J connectivity index is 1.87. The monoisotopic (exact) mass is 321 g/mol. The lowest BCUT2D eigenvalue weighted by Crippen LogP contribution is -2.16. The third kappa shape index (κ3) is 3.87. The minimum Gasteiger partial charge on any atom is -0.310 e. The number of aromatic nitrogens is 2. The first-order valence-corrected chi connectivity index (χ1v) is 8.08. The normalized spacial score (nSPS) is 14.4. The van der Waals surface area contributed by atoms with E-state index in [0.29, 0.717) is 21.9 Å². The molecule has 3 rings (SSSR count). The molecule has 1 aliphatic rings. The fourth-order valence-corrected chi connectivity index (χ4v) is 3.33. The Morgan fingerprint density at radius 1 is 1.48 bits per heavy atom. The molecule has 0 unspecified atom stereocenters. The summed E-state index contributed by atoms with van der Waals surface area (Å²) in [5.41, 5.74) is 1.68. The Hall–Kier alpha value is -1.30. The molecule has 0 atom stereocenters. The van der Waals surface area contributed by atoms with Gasteiger partial charge in [0.15, 0.2) is 5.16 Å². The van der Waals surface area contributed by atoms with Gasteiger partial charge in [0.25, 0.3) is 5.56 Å². The average molecular weight is 322 g/mol. The van der Waals surface area contributed by atoms with E-state index in [9.17, 15) is 4.79 Å². The van der Waals surface area contributed by atoms with Gasteiger partial charge >= 0.3 is 0 Å². The molecule has 1 aliphatic carbocycles. The molecule has 1 heterocycles. The molecule has 0 saturated heterocycles. The van der Waals surface area contributed by atoms with Gasteiger partial charge in [-0.2, -0.15) is 0 Å². The summed E-state index contributed by atoms with van der Waals surface area (Å²) in [4.78, 5) is 19.6. The maximum atomic E-state index is 11.5. The van der Waals surface area contributed by atoms with Crippen molar-refractivity contribution in [1.29, 1.82) is 0 Å². The number of benzene rings is 1.